The molecule has 0 aliphatic carbocycles. The van der Waals surface area contributed by atoms with Gasteiger partial charge in [0, 0.05) is 18.7 Å². The smallest absolute Gasteiger partial charge is 0.312 e. The Bertz CT molecular complexity index is 458. The van der Waals surface area contributed by atoms with Crippen LogP contribution in [0.5, 0.6) is 0 Å². The first-order valence-corrected chi connectivity index (χ1v) is 6.92. The van der Waals surface area contributed by atoms with Crippen molar-refractivity contribution in [2.24, 2.45) is 5.73 Å². The topological polar surface area (TPSA) is 84.2 Å². The van der Waals surface area contributed by atoms with Crippen LogP contribution in [0.15, 0.2) is 24.3 Å². The van der Waals surface area contributed by atoms with Gasteiger partial charge in [0.05, 0.1) is 0 Å². The minimum absolute atomic E-state index is 0.00928. The Hall–Kier alpha value is -2.04. The minimum atomic E-state index is -0.528. The number of nitrogens with one attached hydrogen (secondary N) is 2. The summed E-state index contributed by atoms with van der Waals surface area (Å²) in [6.45, 7) is 4.74. The molecule has 110 valence electrons. The van der Waals surface area contributed by atoms with Crippen molar-refractivity contribution in [1.82, 2.24) is 5.32 Å². The van der Waals surface area contributed by atoms with E-state index in [2.05, 4.69) is 30.5 Å². The maximum Gasteiger partial charge on any atom is 0.312 e. The molecule has 0 fully saturated rings. The molecule has 0 saturated heterocycles. The molecular formula is C15H23N3O2. The number of hydrogen-bond donors (Lipinski definition) is 3. The van der Waals surface area contributed by atoms with Crippen LogP contribution in [0.2, 0.25) is 0 Å². The molecule has 5 heteroatoms. The lowest BCUT2D eigenvalue weighted by Crippen LogP contribution is -2.30. The van der Waals surface area contributed by atoms with E-state index in [9.17, 15) is 9.59 Å². The Morgan fingerprint density at radius 1 is 1.25 bits per heavy atom. The van der Waals surface area contributed by atoms with Crippen LogP contribution < -0.4 is 16.4 Å². The predicted molar refractivity (Wildman–Crippen MR) is 80.6 cm³/mol. The number of anilines is 1. The monoisotopic (exact) mass is 277 g/mol. The first-order valence-electron chi connectivity index (χ1n) is 6.92. The van der Waals surface area contributed by atoms with E-state index in [1.807, 2.05) is 18.2 Å². The number of amides is 3. The van der Waals surface area contributed by atoms with Crippen molar-refractivity contribution in [3.63, 3.8) is 0 Å². The van der Waals surface area contributed by atoms with E-state index < -0.39 is 6.03 Å². The summed E-state index contributed by atoms with van der Waals surface area (Å²) in [5, 5.41) is 5.38. The van der Waals surface area contributed by atoms with Crippen LogP contribution in [-0.4, -0.2) is 18.5 Å². The van der Waals surface area contributed by atoms with Crippen molar-refractivity contribution in [3.05, 3.63) is 29.8 Å². The maximum absolute atomic E-state index is 11.8. The second-order valence-corrected chi connectivity index (χ2v) is 5.08. The Labute approximate surface area is 119 Å². The van der Waals surface area contributed by atoms with Gasteiger partial charge in [-0.2, -0.15) is 0 Å². The molecule has 0 aromatic heterocycles. The first-order chi connectivity index (χ1) is 9.49. The summed E-state index contributed by atoms with van der Waals surface area (Å²) in [5.41, 5.74) is 6.98. The van der Waals surface area contributed by atoms with Crippen molar-refractivity contribution >= 4 is 17.6 Å². The van der Waals surface area contributed by atoms with Crippen LogP contribution in [0.25, 0.3) is 0 Å². The number of nitrogens with two attached hydrogens (primary N) is 1. The zero-order valence-corrected chi connectivity index (χ0v) is 12.1. The average Bonchev–Trinajstić information content (AvgIpc) is 2.38. The van der Waals surface area contributed by atoms with Crippen LogP contribution in [0.4, 0.5) is 10.5 Å². The molecule has 1 aromatic rings. The predicted octanol–water partition coefficient (Wildman–Crippen LogP) is 2.59. The number of benzene rings is 1. The van der Waals surface area contributed by atoms with Gasteiger partial charge in [0.1, 0.15) is 0 Å². The number of unbranched alkanes of at least 4 members (excludes halogenated alkanes) is 1. The third-order valence-electron chi connectivity index (χ3n) is 2.97. The van der Waals surface area contributed by atoms with Gasteiger partial charge in [-0.05, 0) is 36.5 Å². The van der Waals surface area contributed by atoms with E-state index >= 15 is 0 Å². The fourth-order valence-electron chi connectivity index (χ4n) is 1.82. The van der Waals surface area contributed by atoms with Crippen molar-refractivity contribution in [2.45, 2.75) is 39.0 Å². The summed E-state index contributed by atoms with van der Waals surface area (Å²) < 4.78 is 0. The molecule has 0 saturated carbocycles. The number of rotatable bonds is 7. The highest BCUT2D eigenvalue weighted by molar-refractivity contribution is 5.90. The highest BCUT2D eigenvalue weighted by atomic mass is 16.2. The molecule has 1 aromatic carbocycles. The van der Waals surface area contributed by atoms with Gasteiger partial charge in [-0.3, -0.25) is 4.79 Å². The van der Waals surface area contributed by atoms with Crippen LogP contribution >= 0.6 is 0 Å². The Kier molecular flexibility index (Phi) is 6.56. The van der Waals surface area contributed by atoms with Gasteiger partial charge in [0.25, 0.3) is 0 Å². The number of urea groups is 1. The molecule has 0 atom stereocenters. The van der Waals surface area contributed by atoms with Gasteiger partial charge < -0.3 is 16.4 Å². The summed E-state index contributed by atoms with van der Waals surface area (Å²) in [6.07, 6.45) is 1.89. The van der Waals surface area contributed by atoms with Crippen molar-refractivity contribution in [3.8, 4) is 0 Å². The van der Waals surface area contributed by atoms with Crippen molar-refractivity contribution in [1.29, 1.82) is 0 Å². The average molecular weight is 277 g/mol. The van der Waals surface area contributed by atoms with Crippen molar-refractivity contribution in [2.75, 3.05) is 11.9 Å². The third kappa shape index (κ3) is 6.22. The van der Waals surface area contributed by atoms with Crippen molar-refractivity contribution < 1.29 is 9.59 Å². The molecule has 20 heavy (non-hydrogen) atoms. The zero-order chi connectivity index (χ0) is 15.0. The normalized spacial score (nSPS) is 10.3. The second-order valence-electron chi connectivity index (χ2n) is 5.08. The van der Waals surface area contributed by atoms with Gasteiger partial charge in [-0.15, -0.1) is 0 Å². The lowest BCUT2D eigenvalue weighted by atomic mass is 10.0. The Balaban J connectivity index is 2.31. The molecule has 0 radical (unpaired) electrons. The molecule has 3 amide bonds. The Morgan fingerprint density at radius 3 is 2.65 bits per heavy atom. The molecule has 1 rings (SSSR count). The molecular weight excluding hydrogens is 254 g/mol. The SMILES string of the molecule is CC(C)c1cccc(NC(=O)CCCCNC(N)=O)c1. The zero-order valence-electron chi connectivity index (χ0n) is 12.1. The number of hydrogen-bond acceptors (Lipinski definition) is 2. The third-order valence-corrected chi connectivity index (χ3v) is 2.97. The van der Waals surface area contributed by atoms with E-state index in [0.29, 0.717) is 18.9 Å². The lowest BCUT2D eigenvalue weighted by molar-refractivity contribution is -0.116. The lowest BCUT2D eigenvalue weighted by Gasteiger charge is -2.09. The Morgan fingerprint density at radius 2 is 2.00 bits per heavy atom. The van der Waals surface area contributed by atoms with Gasteiger partial charge in [0.15, 0.2) is 0 Å². The van der Waals surface area contributed by atoms with Gasteiger partial charge >= 0.3 is 6.03 Å². The molecule has 4 N–H and O–H groups in total. The highest BCUT2D eigenvalue weighted by Crippen LogP contribution is 2.18. The molecule has 0 spiro atoms. The second kappa shape index (κ2) is 8.19. The highest BCUT2D eigenvalue weighted by Gasteiger charge is 2.04. The molecule has 5 nitrogen and oxygen atoms in total. The van der Waals surface area contributed by atoms with Gasteiger partial charge in [0.2, 0.25) is 5.91 Å². The molecule has 0 aliphatic rings. The molecule has 0 heterocycles. The quantitative estimate of drug-likeness (QED) is 0.669. The fourth-order valence-corrected chi connectivity index (χ4v) is 1.82. The van der Waals surface area contributed by atoms with Gasteiger partial charge in [-0.1, -0.05) is 26.0 Å². The molecule has 0 bridgehead atoms. The largest absolute Gasteiger partial charge is 0.352 e. The van der Waals surface area contributed by atoms with Crippen LogP contribution in [0.3, 0.4) is 0 Å². The maximum atomic E-state index is 11.8. The number of carbonyl (C=O) groups is 2. The number of primary amides is 1. The number of carbonyl (C=O) groups excluding carboxylic acids is 2. The fraction of sp³-hybridized carbons (Fsp3) is 0.467. The van der Waals surface area contributed by atoms with Crippen LogP contribution in [0, 0.1) is 0 Å². The summed E-state index contributed by atoms with van der Waals surface area (Å²) in [5.74, 6) is 0.428. The van der Waals surface area contributed by atoms with E-state index in [-0.39, 0.29) is 5.91 Å². The molecule has 0 aliphatic heterocycles. The molecule has 0 unspecified atom stereocenters. The van der Waals surface area contributed by atoms with Gasteiger partial charge in [-0.25, -0.2) is 4.79 Å². The van der Waals surface area contributed by atoms with Crippen LogP contribution in [0.1, 0.15) is 44.6 Å². The van der Waals surface area contributed by atoms with E-state index in [0.717, 1.165) is 18.5 Å². The van der Waals surface area contributed by atoms with E-state index in [4.69, 9.17) is 5.73 Å². The summed E-state index contributed by atoms with van der Waals surface area (Å²) in [6, 6.07) is 7.35. The van der Waals surface area contributed by atoms with E-state index in [1.54, 1.807) is 0 Å². The minimum Gasteiger partial charge on any atom is -0.352 e. The van der Waals surface area contributed by atoms with Crippen LogP contribution in [-0.2, 0) is 4.79 Å². The summed E-state index contributed by atoms with van der Waals surface area (Å²) in [4.78, 5) is 22.2. The standard InChI is InChI=1S/C15H23N3O2/c1-11(2)12-6-5-7-13(10-12)18-14(19)8-3-4-9-17-15(16)20/h5-7,10-11H,3-4,8-9H2,1-2H3,(H,18,19)(H3,16,17,20). The summed E-state index contributed by atoms with van der Waals surface area (Å²) in [7, 11) is 0. The van der Waals surface area contributed by atoms with E-state index in [1.165, 1.54) is 5.56 Å². The summed E-state index contributed by atoms with van der Waals surface area (Å²) >= 11 is 0. The first kappa shape index (κ1) is 16.0.